The van der Waals surface area contributed by atoms with Gasteiger partial charge in [0.2, 0.25) is 0 Å². The van der Waals surface area contributed by atoms with Crippen molar-refractivity contribution in [3.05, 3.63) is 36.4 Å². The second-order valence-electron chi connectivity index (χ2n) is 6.42. The van der Waals surface area contributed by atoms with E-state index >= 15 is 0 Å². The van der Waals surface area contributed by atoms with E-state index in [-0.39, 0.29) is 46.6 Å². The van der Waals surface area contributed by atoms with Crippen LogP contribution in [0.4, 0.5) is 0 Å². The van der Waals surface area contributed by atoms with E-state index in [1.807, 2.05) is 0 Å². The first-order valence-electron chi connectivity index (χ1n) is 9.19. The Morgan fingerprint density at radius 3 is 1.20 bits per heavy atom. The quantitative estimate of drug-likeness (QED) is 0.130. The highest BCUT2D eigenvalue weighted by Crippen LogP contribution is 2.10. The zero-order chi connectivity index (χ0) is 22.3. The molecule has 8 N–H and O–H groups in total. The summed E-state index contributed by atoms with van der Waals surface area (Å²) in [6, 6.07) is 8.60. The summed E-state index contributed by atoms with van der Waals surface area (Å²) in [5, 5.41) is 75.3. The molecule has 0 unspecified atom stereocenters. The minimum Gasteiger partial charge on any atom is -0.494 e. The summed E-state index contributed by atoms with van der Waals surface area (Å²) in [6.45, 7) is 0.331. The molecule has 0 saturated heterocycles. The molecule has 2 rings (SSSR count). The van der Waals surface area contributed by atoms with Gasteiger partial charge in [0, 0.05) is 10.9 Å². The number of hydrogen-bond acceptors (Lipinski definition) is 10. The van der Waals surface area contributed by atoms with Crippen molar-refractivity contribution in [1.82, 2.24) is 0 Å². The van der Waals surface area contributed by atoms with Crippen LogP contribution in [-0.4, -0.2) is 81.9 Å². The van der Waals surface area contributed by atoms with Crippen LogP contribution < -0.4 is 31.3 Å². The highest BCUT2D eigenvalue weighted by molar-refractivity contribution is 6.73. The predicted molar refractivity (Wildman–Crippen MR) is 112 cm³/mol. The van der Waals surface area contributed by atoms with E-state index in [0.29, 0.717) is 12.8 Å². The summed E-state index contributed by atoms with van der Waals surface area (Å²) in [6.07, 6.45) is 0.957. The third kappa shape index (κ3) is 6.24. The third-order valence-electron chi connectivity index (χ3n) is 4.33. The Kier molecular flexibility index (Phi) is 9.21. The lowest BCUT2D eigenvalue weighted by molar-refractivity contribution is 0.267. The zero-order valence-corrected chi connectivity index (χ0v) is 16.0. The molecule has 158 valence electrons. The lowest BCUT2D eigenvalue weighted by Crippen LogP contribution is -2.50. The van der Waals surface area contributed by atoms with Crippen molar-refractivity contribution in [3.8, 4) is 11.5 Å². The molecule has 0 spiro atoms. The molecule has 0 radical (unpaired) electrons. The van der Waals surface area contributed by atoms with Crippen molar-refractivity contribution in [3.63, 3.8) is 0 Å². The molecule has 30 heavy (non-hydrogen) atoms. The van der Waals surface area contributed by atoms with Crippen LogP contribution in [0, 0.1) is 0 Å². The number of hydrogen-bond donors (Lipinski definition) is 8. The molecule has 14 heteroatoms. The maximum Gasteiger partial charge on any atom is 0.491 e. The Bertz CT molecular complexity index is 751. The lowest BCUT2D eigenvalue weighted by atomic mass is 9.65. The van der Waals surface area contributed by atoms with Gasteiger partial charge in [-0.25, -0.2) is 0 Å². The summed E-state index contributed by atoms with van der Waals surface area (Å²) in [5.41, 5.74) is -0.423. The molecule has 0 atom stereocenters. The Hall–Kier alpha value is -2.02. The molecular weight excluding hydrogens is 395 g/mol. The smallest absolute Gasteiger partial charge is 0.491 e. The Morgan fingerprint density at radius 1 is 0.533 bits per heavy atom. The van der Waals surface area contributed by atoms with Gasteiger partial charge in [0.05, 0.1) is 13.2 Å². The molecule has 0 aliphatic heterocycles. The van der Waals surface area contributed by atoms with E-state index in [2.05, 4.69) is 0 Å². The van der Waals surface area contributed by atoms with Gasteiger partial charge >= 0.3 is 28.5 Å². The second kappa shape index (κ2) is 11.4. The van der Waals surface area contributed by atoms with Crippen molar-refractivity contribution in [2.24, 2.45) is 0 Å². The molecular formula is C16H22B4O10. The summed E-state index contributed by atoms with van der Waals surface area (Å²) in [7, 11) is -7.66. The van der Waals surface area contributed by atoms with Crippen molar-refractivity contribution in [1.29, 1.82) is 0 Å². The number of ether oxygens (including phenoxy) is 2. The Labute approximate surface area is 174 Å². The van der Waals surface area contributed by atoms with Gasteiger partial charge in [-0.05, 0) is 35.9 Å². The minimum atomic E-state index is -1.95. The average molecular weight is 418 g/mol. The van der Waals surface area contributed by atoms with E-state index in [4.69, 9.17) is 9.47 Å². The molecule has 0 aromatic heterocycles. The molecule has 2 aromatic carbocycles. The maximum absolute atomic E-state index is 9.49. The SMILES string of the molecule is OB(O)c1cccc(OCCCCOc2cccc(B(O)O)c2B(O)O)c1B(O)O. The highest BCUT2D eigenvalue weighted by Gasteiger charge is 2.28. The van der Waals surface area contributed by atoms with Gasteiger partial charge in [0.25, 0.3) is 0 Å². The molecule has 10 nitrogen and oxygen atoms in total. The number of unbranched alkanes of at least 4 members (excludes halogenated alkanes) is 1. The highest BCUT2D eigenvalue weighted by atomic mass is 16.5. The Morgan fingerprint density at radius 2 is 0.900 bits per heavy atom. The topological polar surface area (TPSA) is 180 Å². The molecule has 0 saturated carbocycles. The predicted octanol–water partition coefficient (Wildman–Crippen LogP) is -5.36. The van der Waals surface area contributed by atoms with Gasteiger partial charge in [-0.3, -0.25) is 0 Å². The van der Waals surface area contributed by atoms with E-state index in [1.165, 1.54) is 36.4 Å². The number of rotatable bonds is 11. The van der Waals surface area contributed by atoms with Crippen LogP contribution in [-0.2, 0) is 0 Å². The van der Waals surface area contributed by atoms with Gasteiger partial charge in [0.1, 0.15) is 11.5 Å². The van der Waals surface area contributed by atoms with Crippen LogP contribution in [0.5, 0.6) is 11.5 Å². The van der Waals surface area contributed by atoms with Gasteiger partial charge in [-0.2, -0.15) is 0 Å². The van der Waals surface area contributed by atoms with Crippen LogP contribution >= 0.6 is 0 Å². The van der Waals surface area contributed by atoms with Gasteiger partial charge in [0.15, 0.2) is 0 Å². The van der Waals surface area contributed by atoms with E-state index in [0.717, 1.165) is 0 Å². The molecule has 0 aliphatic rings. The zero-order valence-electron chi connectivity index (χ0n) is 16.0. The first kappa shape index (κ1) is 24.3. The largest absolute Gasteiger partial charge is 0.494 e. The molecule has 0 aliphatic carbocycles. The van der Waals surface area contributed by atoms with Crippen molar-refractivity contribution in [2.75, 3.05) is 13.2 Å². The summed E-state index contributed by atoms with van der Waals surface area (Å²) in [5.74, 6) is 0.207. The van der Waals surface area contributed by atoms with E-state index in [1.54, 1.807) is 0 Å². The number of benzene rings is 2. The molecule has 0 heterocycles. The summed E-state index contributed by atoms with van der Waals surface area (Å²) in [4.78, 5) is 0. The maximum atomic E-state index is 9.49. The molecule has 2 aromatic rings. The third-order valence-corrected chi connectivity index (χ3v) is 4.33. The van der Waals surface area contributed by atoms with Crippen LogP contribution in [0.3, 0.4) is 0 Å². The minimum absolute atomic E-state index is 0.0770. The average Bonchev–Trinajstić information content (AvgIpc) is 2.69. The van der Waals surface area contributed by atoms with Crippen LogP contribution in [0.15, 0.2) is 36.4 Å². The van der Waals surface area contributed by atoms with Crippen molar-refractivity contribution < 1.29 is 49.7 Å². The summed E-state index contributed by atoms with van der Waals surface area (Å²) >= 11 is 0. The van der Waals surface area contributed by atoms with E-state index < -0.39 is 28.5 Å². The van der Waals surface area contributed by atoms with Crippen molar-refractivity contribution in [2.45, 2.75) is 12.8 Å². The molecule has 0 bridgehead atoms. The second-order valence-corrected chi connectivity index (χ2v) is 6.42. The van der Waals surface area contributed by atoms with Gasteiger partial charge < -0.3 is 49.7 Å². The van der Waals surface area contributed by atoms with Crippen molar-refractivity contribution >= 4 is 50.3 Å². The fourth-order valence-electron chi connectivity index (χ4n) is 2.95. The monoisotopic (exact) mass is 418 g/mol. The van der Waals surface area contributed by atoms with E-state index in [9.17, 15) is 40.2 Å². The summed E-state index contributed by atoms with van der Waals surface area (Å²) < 4.78 is 11.0. The fourth-order valence-corrected chi connectivity index (χ4v) is 2.95. The fraction of sp³-hybridized carbons (Fsp3) is 0.250. The van der Waals surface area contributed by atoms with Gasteiger partial charge in [-0.15, -0.1) is 0 Å². The first-order chi connectivity index (χ1) is 14.2. The standard InChI is InChI=1S/C16H22B4O10/c21-17(22)11-5-3-7-13(15(11)19(25)26)29-9-1-2-10-30-14-8-4-6-12(18(23)24)16(14)20(27)28/h3-8,21-28H,1-2,9-10H2. The lowest BCUT2D eigenvalue weighted by Gasteiger charge is -2.16. The van der Waals surface area contributed by atoms with Crippen LogP contribution in [0.25, 0.3) is 0 Å². The normalized spacial score (nSPS) is 10.5. The molecule has 0 amide bonds. The Balaban J connectivity index is 1.91. The van der Waals surface area contributed by atoms with Crippen LogP contribution in [0.1, 0.15) is 12.8 Å². The van der Waals surface area contributed by atoms with Crippen LogP contribution in [0.2, 0.25) is 0 Å². The molecule has 0 fully saturated rings. The van der Waals surface area contributed by atoms with Gasteiger partial charge in [-0.1, -0.05) is 24.3 Å². The first-order valence-corrected chi connectivity index (χ1v) is 9.19.